The molecule has 4 saturated carbocycles. The van der Waals surface area contributed by atoms with Gasteiger partial charge in [-0.1, -0.05) is 17.7 Å². The Kier molecular flexibility index (Phi) is 3.24. The molecule has 0 amide bonds. The normalized spacial score (nSPS) is 40.5. The Bertz CT molecular complexity index is 526. The Morgan fingerprint density at radius 1 is 1.14 bits per heavy atom. The van der Waals surface area contributed by atoms with Crippen LogP contribution >= 0.6 is 11.6 Å². The molecule has 21 heavy (non-hydrogen) atoms. The number of nitrogens with two attached hydrogens (primary N) is 1. The van der Waals surface area contributed by atoms with Crippen molar-refractivity contribution >= 4 is 17.3 Å². The molecular formula is C18H25ClN2. The minimum Gasteiger partial charge on any atom is -0.378 e. The smallest absolute Gasteiger partial charge is 0.0552 e. The number of aryl methyl sites for hydroxylation is 1. The zero-order valence-corrected chi connectivity index (χ0v) is 13.5. The van der Waals surface area contributed by atoms with Crippen LogP contribution < -0.4 is 11.1 Å². The van der Waals surface area contributed by atoms with Crippen LogP contribution in [0.15, 0.2) is 18.2 Å². The molecule has 0 saturated heterocycles. The summed E-state index contributed by atoms with van der Waals surface area (Å²) in [5.74, 6) is 3.43. The fourth-order valence-corrected chi connectivity index (χ4v) is 5.73. The fourth-order valence-electron chi connectivity index (χ4n) is 5.55. The summed E-state index contributed by atoms with van der Waals surface area (Å²) in [6.45, 7) is 2.79. The van der Waals surface area contributed by atoms with Crippen LogP contribution in [0.3, 0.4) is 0 Å². The van der Waals surface area contributed by atoms with Crippen LogP contribution in [-0.2, 0) is 0 Å². The Labute approximate surface area is 132 Å². The molecule has 4 bridgehead atoms. The zero-order valence-electron chi connectivity index (χ0n) is 12.7. The maximum atomic E-state index is 6.31. The topological polar surface area (TPSA) is 38.0 Å². The third kappa shape index (κ3) is 2.10. The third-order valence-corrected chi connectivity index (χ3v) is 6.89. The van der Waals surface area contributed by atoms with E-state index in [9.17, 15) is 0 Å². The van der Waals surface area contributed by atoms with Gasteiger partial charge in [-0.3, -0.25) is 0 Å². The lowest BCUT2D eigenvalue weighted by atomic mass is 9.48. The number of halogens is 1. The predicted octanol–water partition coefficient (Wildman–Crippen LogP) is 4.21. The van der Waals surface area contributed by atoms with Crippen LogP contribution in [0.4, 0.5) is 5.69 Å². The van der Waals surface area contributed by atoms with E-state index in [1.165, 1.54) is 32.1 Å². The molecule has 0 spiro atoms. The molecule has 0 aromatic heterocycles. The second-order valence-corrected chi connectivity index (χ2v) is 8.05. The molecule has 0 heterocycles. The van der Waals surface area contributed by atoms with Crippen LogP contribution in [0.5, 0.6) is 0 Å². The second-order valence-electron chi connectivity index (χ2n) is 7.64. The standard InChI is InChI=1S/C18H25ClN2/c1-11-2-3-16(9-17(11)19)21-18(10-20)14-5-12-4-13(7-14)8-15(18)6-12/h2-3,9,12-15,21H,4-8,10,20H2,1H3. The predicted molar refractivity (Wildman–Crippen MR) is 88.6 cm³/mol. The number of hydrogen-bond acceptors (Lipinski definition) is 2. The number of rotatable bonds is 3. The van der Waals surface area contributed by atoms with Crippen molar-refractivity contribution < 1.29 is 0 Å². The summed E-state index contributed by atoms with van der Waals surface area (Å²) in [6, 6.07) is 6.33. The summed E-state index contributed by atoms with van der Waals surface area (Å²) in [5, 5.41) is 4.69. The lowest BCUT2D eigenvalue weighted by molar-refractivity contribution is -0.0405. The van der Waals surface area contributed by atoms with Crippen molar-refractivity contribution in [2.75, 3.05) is 11.9 Å². The van der Waals surface area contributed by atoms with Gasteiger partial charge in [-0.05, 0) is 80.4 Å². The first-order chi connectivity index (χ1) is 10.1. The van der Waals surface area contributed by atoms with Gasteiger partial charge >= 0.3 is 0 Å². The van der Waals surface area contributed by atoms with Crippen molar-refractivity contribution in [3.8, 4) is 0 Å². The van der Waals surface area contributed by atoms with E-state index in [0.717, 1.165) is 46.5 Å². The van der Waals surface area contributed by atoms with Crippen molar-refractivity contribution in [1.29, 1.82) is 0 Å². The molecule has 4 fully saturated rings. The van der Waals surface area contributed by atoms with Gasteiger partial charge in [0.05, 0.1) is 5.54 Å². The monoisotopic (exact) mass is 304 g/mol. The van der Waals surface area contributed by atoms with E-state index in [4.69, 9.17) is 17.3 Å². The molecule has 5 rings (SSSR count). The van der Waals surface area contributed by atoms with Gasteiger partial charge in [0.25, 0.3) is 0 Å². The van der Waals surface area contributed by atoms with Crippen molar-refractivity contribution in [3.05, 3.63) is 28.8 Å². The highest BCUT2D eigenvalue weighted by atomic mass is 35.5. The second kappa shape index (κ2) is 4.89. The van der Waals surface area contributed by atoms with Gasteiger partial charge in [0.15, 0.2) is 0 Å². The molecule has 4 aliphatic rings. The van der Waals surface area contributed by atoms with Gasteiger partial charge < -0.3 is 11.1 Å². The van der Waals surface area contributed by atoms with Crippen molar-refractivity contribution in [2.24, 2.45) is 29.4 Å². The highest BCUT2D eigenvalue weighted by molar-refractivity contribution is 6.31. The van der Waals surface area contributed by atoms with Crippen LogP contribution in [0.1, 0.15) is 37.7 Å². The van der Waals surface area contributed by atoms with Crippen molar-refractivity contribution in [2.45, 2.75) is 44.6 Å². The molecule has 0 unspecified atom stereocenters. The Hall–Kier alpha value is -0.730. The van der Waals surface area contributed by atoms with Gasteiger partial charge in [0, 0.05) is 17.3 Å². The summed E-state index contributed by atoms with van der Waals surface area (Å²) in [6.07, 6.45) is 6.96. The Balaban J connectivity index is 1.65. The van der Waals surface area contributed by atoms with Crippen LogP contribution in [0.2, 0.25) is 5.02 Å². The minimum absolute atomic E-state index is 0.103. The third-order valence-electron chi connectivity index (χ3n) is 6.48. The summed E-state index contributed by atoms with van der Waals surface area (Å²) < 4.78 is 0. The maximum absolute atomic E-state index is 6.31. The van der Waals surface area contributed by atoms with E-state index in [2.05, 4.69) is 23.5 Å². The van der Waals surface area contributed by atoms with Gasteiger partial charge in [0.2, 0.25) is 0 Å². The van der Waals surface area contributed by atoms with E-state index >= 15 is 0 Å². The highest BCUT2D eigenvalue weighted by Gasteiger charge is 2.56. The number of anilines is 1. The van der Waals surface area contributed by atoms with E-state index < -0.39 is 0 Å². The van der Waals surface area contributed by atoms with Gasteiger partial charge in [-0.15, -0.1) is 0 Å². The number of hydrogen-bond donors (Lipinski definition) is 2. The quantitative estimate of drug-likeness (QED) is 0.877. The average Bonchev–Trinajstić information content (AvgIpc) is 2.46. The van der Waals surface area contributed by atoms with Crippen LogP contribution in [-0.4, -0.2) is 12.1 Å². The first kappa shape index (κ1) is 13.9. The maximum Gasteiger partial charge on any atom is 0.0552 e. The van der Waals surface area contributed by atoms with Crippen LogP contribution in [0.25, 0.3) is 0 Å². The van der Waals surface area contributed by atoms with Crippen LogP contribution in [0, 0.1) is 30.6 Å². The van der Waals surface area contributed by atoms with Crippen molar-refractivity contribution in [1.82, 2.24) is 0 Å². The lowest BCUT2D eigenvalue weighted by Gasteiger charge is -2.61. The lowest BCUT2D eigenvalue weighted by Crippen LogP contribution is -2.65. The number of benzene rings is 1. The molecule has 1 aromatic carbocycles. The van der Waals surface area contributed by atoms with Gasteiger partial charge in [-0.2, -0.15) is 0 Å². The minimum atomic E-state index is 0.103. The molecule has 3 heteroatoms. The Morgan fingerprint density at radius 2 is 1.76 bits per heavy atom. The van der Waals surface area contributed by atoms with Gasteiger partial charge in [-0.25, -0.2) is 0 Å². The molecule has 2 nitrogen and oxygen atoms in total. The molecule has 1 aromatic rings. The van der Waals surface area contributed by atoms with E-state index in [-0.39, 0.29) is 5.54 Å². The molecular weight excluding hydrogens is 280 g/mol. The molecule has 0 radical (unpaired) electrons. The molecule has 0 aliphatic heterocycles. The highest BCUT2D eigenvalue weighted by Crippen LogP contribution is 2.58. The summed E-state index contributed by atoms with van der Waals surface area (Å²) in [4.78, 5) is 0. The summed E-state index contributed by atoms with van der Waals surface area (Å²) in [7, 11) is 0. The van der Waals surface area contributed by atoms with Gasteiger partial charge in [0.1, 0.15) is 0 Å². The van der Waals surface area contributed by atoms with Crippen molar-refractivity contribution in [3.63, 3.8) is 0 Å². The average molecular weight is 305 g/mol. The van der Waals surface area contributed by atoms with E-state index in [1.807, 2.05) is 6.92 Å². The molecule has 4 aliphatic carbocycles. The summed E-state index contributed by atoms with van der Waals surface area (Å²) in [5.41, 5.74) is 8.69. The summed E-state index contributed by atoms with van der Waals surface area (Å²) >= 11 is 6.30. The van der Waals surface area contributed by atoms with E-state index in [0.29, 0.717) is 0 Å². The molecule has 0 atom stereocenters. The fraction of sp³-hybridized carbons (Fsp3) is 0.667. The largest absolute Gasteiger partial charge is 0.378 e. The zero-order chi connectivity index (χ0) is 14.6. The Morgan fingerprint density at radius 3 is 2.29 bits per heavy atom. The molecule has 3 N–H and O–H groups in total. The number of nitrogens with one attached hydrogen (secondary N) is 1. The van der Waals surface area contributed by atoms with E-state index in [1.54, 1.807) is 0 Å². The first-order valence-electron chi connectivity index (χ1n) is 8.35. The SMILES string of the molecule is Cc1ccc(NC2(CN)C3CC4CC(C3)CC2C4)cc1Cl. The first-order valence-corrected chi connectivity index (χ1v) is 8.73. The molecule has 114 valence electrons.